The monoisotopic (exact) mass is 788 g/mol. The zero-order valence-corrected chi connectivity index (χ0v) is 34.3. The molecule has 9 aromatic carbocycles. The van der Waals surface area contributed by atoms with E-state index in [1.165, 1.54) is 70.8 Å². The first-order valence-electron chi connectivity index (χ1n) is 20.3. The van der Waals surface area contributed by atoms with E-state index in [9.17, 15) is 0 Å². The van der Waals surface area contributed by atoms with Crippen molar-refractivity contribution < 1.29 is 0 Å². The minimum atomic E-state index is -2.59. The number of nitrogens with zero attached hydrogens (tertiary/aromatic N) is 2. The van der Waals surface area contributed by atoms with E-state index >= 15 is 0 Å². The molecule has 0 N–H and O–H groups in total. The molecule has 1 spiro atoms. The van der Waals surface area contributed by atoms with Crippen molar-refractivity contribution in [3.8, 4) is 44.9 Å². The van der Waals surface area contributed by atoms with Crippen molar-refractivity contribution in [3.05, 3.63) is 235 Å². The molecule has 0 fully saturated rings. The molecule has 278 valence electrons. The van der Waals surface area contributed by atoms with Crippen LogP contribution in [-0.4, -0.2) is 9.97 Å². The molecule has 12 rings (SSSR count). The number of aromatic nitrogens is 2. The summed E-state index contributed by atoms with van der Waals surface area (Å²) in [5, 5.41) is 9.02. The van der Waals surface area contributed by atoms with Gasteiger partial charge in [-0.2, -0.15) is 0 Å². The Kier molecular flexibility index (Phi) is 7.73. The van der Waals surface area contributed by atoms with Gasteiger partial charge in [-0.3, -0.25) is 0 Å². The van der Waals surface area contributed by atoms with Crippen molar-refractivity contribution in [2.75, 3.05) is 0 Å². The van der Waals surface area contributed by atoms with Crippen LogP contribution < -0.4 is 15.9 Å². The standard InChI is InChI=1S/C55H38N2P2/c58-59(43-32-26-36-14-4-6-18-40(36)34-43,44-33-27-37-15-5-7-19-41(37)35-44)42-30-28-39(29-31-42)54-56-52(38-16-2-1-3-17-38)51-47-22-10-13-25-50(47)55(53(51)57-54)48-23-11-8-20-45(48)46-21-9-12-24-49(46)55/h1-35,59H,58H2. The Hall–Kier alpha value is -6.56. The van der Waals surface area contributed by atoms with Crippen molar-refractivity contribution in [1.29, 1.82) is 0 Å². The summed E-state index contributed by atoms with van der Waals surface area (Å²) >= 11 is 0. The van der Waals surface area contributed by atoms with Gasteiger partial charge >= 0.3 is 348 Å². The second-order valence-corrected chi connectivity index (χ2v) is 21.8. The number of hydrogen-bond acceptors (Lipinski definition) is 2. The predicted octanol–water partition coefficient (Wildman–Crippen LogP) is 12.3. The topological polar surface area (TPSA) is 25.8 Å². The molecule has 0 bridgehead atoms. The quantitative estimate of drug-likeness (QED) is 0.162. The average molecular weight is 789 g/mol. The van der Waals surface area contributed by atoms with Crippen molar-refractivity contribution in [2.24, 2.45) is 0 Å². The van der Waals surface area contributed by atoms with Gasteiger partial charge in [0.1, 0.15) is 0 Å². The summed E-state index contributed by atoms with van der Waals surface area (Å²) in [6.07, 6.45) is 0. The van der Waals surface area contributed by atoms with Crippen molar-refractivity contribution >= 4 is 53.3 Å². The van der Waals surface area contributed by atoms with Gasteiger partial charge in [-0.1, -0.05) is 0 Å². The SMILES string of the molecule is P[PH](c1ccc(-c2nc(-c3ccccc3)c3c(n2)C2(c4ccccc4-c4ccccc42)c2ccccc2-3)cc1)(c1ccc2ccccc2c1)c1ccc2ccccc2c1. The summed E-state index contributed by atoms with van der Waals surface area (Å²) in [5.41, 5.74) is 12.2. The molecule has 2 nitrogen and oxygen atoms in total. The Morgan fingerprint density at radius 1 is 0.373 bits per heavy atom. The fraction of sp³-hybridized carbons (Fsp3) is 0.0182. The summed E-state index contributed by atoms with van der Waals surface area (Å²) in [6.45, 7) is -2.59. The van der Waals surface area contributed by atoms with E-state index in [-0.39, 0.29) is 0 Å². The first-order valence-corrected chi connectivity index (χ1v) is 24.1. The summed E-state index contributed by atoms with van der Waals surface area (Å²) < 4.78 is 0. The molecule has 0 aliphatic heterocycles. The first-order chi connectivity index (χ1) is 29.1. The second kappa shape index (κ2) is 13.2. The van der Waals surface area contributed by atoms with E-state index in [0.29, 0.717) is 0 Å². The Labute approximate surface area is 346 Å². The van der Waals surface area contributed by atoms with Crippen LogP contribution in [-0.2, 0) is 5.41 Å². The molecule has 2 aliphatic carbocycles. The normalized spacial score (nSPS) is 13.6. The van der Waals surface area contributed by atoms with Gasteiger partial charge in [0.15, 0.2) is 0 Å². The Balaban J connectivity index is 1.08. The zero-order chi connectivity index (χ0) is 39.1. The third-order valence-corrected chi connectivity index (χ3v) is 19.6. The van der Waals surface area contributed by atoms with Gasteiger partial charge in [0.2, 0.25) is 0 Å². The molecule has 1 heterocycles. The maximum absolute atomic E-state index is 5.73. The molecule has 59 heavy (non-hydrogen) atoms. The summed E-state index contributed by atoms with van der Waals surface area (Å²) in [7, 11) is 3.41. The van der Waals surface area contributed by atoms with Gasteiger partial charge in [-0.05, 0) is 0 Å². The number of benzene rings is 9. The van der Waals surface area contributed by atoms with Crippen molar-refractivity contribution in [2.45, 2.75) is 5.41 Å². The molecular formula is C55H38N2P2. The van der Waals surface area contributed by atoms with Crippen LogP contribution in [0.5, 0.6) is 0 Å². The van der Waals surface area contributed by atoms with E-state index < -0.39 is 12.4 Å². The third kappa shape index (κ3) is 5.01. The van der Waals surface area contributed by atoms with E-state index in [1.807, 2.05) is 0 Å². The molecule has 0 saturated heterocycles. The zero-order valence-electron chi connectivity index (χ0n) is 32.2. The van der Waals surface area contributed by atoms with E-state index in [0.717, 1.165) is 33.9 Å². The van der Waals surface area contributed by atoms with Crippen LogP contribution in [0, 0.1) is 0 Å². The number of rotatable bonds is 5. The Bertz CT molecular complexity index is 3180. The third-order valence-electron chi connectivity index (χ3n) is 12.9. The van der Waals surface area contributed by atoms with Crippen LogP contribution in [0.2, 0.25) is 0 Å². The van der Waals surface area contributed by atoms with Crippen LogP contribution >= 0.6 is 15.9 Å². The fourth-order valence-corrected chi connectivity index (χ4v) is 14.9. The van der Waals surface area contributed by atoms with E-state index in [2.05, 4.69) is 221 Å². The molecule has 1 aromatic heterocycles. The van der Waals surface area contributed by atoms with Gasteiger partial charge in [0.05, 0.1) is 0 Å². The van der Waals surface area contributed by atoms with Crippen LogP contribution in [0.3, 0.4) is 0 Å². The van der Waals surface area contributed by atoms with Crippen LogP contribution in [0.25, 0.3) is 66.4 Å². The molecule has 0 saturated carbocycles. The van der Waals surface area contributed by atoms with Gasteiger partial charge < -0.3 is 0 Å². The Morgan fingerprint density at radius 3 is 1.41 bits per heavy atom. The minimum absolute atomic E-state index is 0.575. The number of fused-ring (bicyclic) bond motifs is 12. The van der Waals surface area contributed by atoms with Crippen LogP contribution in [0.15, 0.2) is 212 Å². The molecule has 2 aliphatic rings. The molecular weight excluding hydrogens is 751 g/mol. The van der Waals surface area contributed by atoms with Gasteiger partial charge in [0, 0.05) is 0 Å². The van der Waals surface area contributed by atoms with Crippen LogP contribution in [0.1, 0.15) is 22.4 Å². The maximum atomic E-state index is 5.73. The van der Waals surface area contributed by atoms with E-state index in [4.69, 9.17) is 9.97 Å². The summed E-state index contributed by atoms with van der Waals surface area (Å²) in [4.78, 5) is 11.3. The first kappa shape index (κ1) is 34.5. The molecule has 0 amide bonds. The van der Waals surface area contributed by atoms with Gasteiger partial charge in [-0.25, -0.2) is 0 Å². The molecule has 0 radical (unpaired) electrons. The van der Waals surface area contributed by atoms with Crippen molar-refractivity contribution in [1.82, 2.24) is 9.97 Å². The molecule has 10 aromatic rings. The van der Waals surface area contributed by atoms with Crippen molar-refractivity contribution in [3.63, 3.8) is 0 Å². The molecule has 1 unspecified atom stereocenters. The van der Waals surface area contributed by atoms with E-state index in [1.54, 1.807) is 0 Å². The molecule has 1 atom stereocenters. The van der Waals surface area contributed by atoms with Crippen LogP contribution in [0.4, 0.5) is 0 Å². The van der Waals surface area contributed by atoms with Gasteiger partial charge in [-0.15, -0.1) is 0 Å². The summed E-state index contributed by atoms with van der Waals surface area (Å²) in [5.74, 6) is 0.732. The summed E-state index contributed by atoms with van der Waals surface area (Å²) in [6, 6.07) is 78.0. The predicted molar refractivity (Wildman–Crippen MR) is 254 cm³/mol. The van der Waals surface area contributed by atoms with Gasteiger partial charge in [0.25, 0.3) is 0 Å². The fourth-order valence-electron chi connectivity index (χ4n) is 10.1. The Morgan fingerprint density at radius 2 is 0.831 bits per heavy atom. The molecule has 4 heteroatoms. The average Bonchev–Trinajstić information content (AvgIpc) is 3.78. The second-order valence-electron chi connectivity index (χ2n) is 15.9. The number of hydrogen-bond donors (Lipinski definition) is 0.